The predicted octanol–water partition coefficient (Wildman–Crippen LogP) is 3.87. The van der Waals surface area contributed by atoms with Gasteiger partial charge in [0.1, 0.15) is 0 Å². The first-order valence-corrected chi connectivity index (χ1v) is 8.23. The number of methoxy groups -OCH3 is 1. The van der Waals surface area contributed by atoms with Crippen LogP contribution in [0.1, 0.15) is 15.9 Å². The molecule has 4 nitrogen and oxygen atoms in total. The number of hydrogen-bond donors (Lipinski definition) is 1. The van der Waals surface area contributed by atoms with Crippen LogP contribution in [-0.4, -0.2) is 26.2 Å². The van der Waals surface area contributed by atoms with Gasteiger partial charge in [-0.3, -0.25) is 4.79 Å². The highest BCUT2D eigenvalue weighted by Crippen LogP contribution is 2.29. The topological polar surface area (TPSA) is 47.6 Å². The lowest BCUT2D eigenvalue weighted by Crippen LogP contribution is -2.25. The number of nitrogens with one attached hydrogen (secondary N) is 1. The molecule has 0 saturated carbocycles. The summed E-state index contributed by atoms with van der Waals surface area (Å²) in [4.78, 5) is 12.0. The van der Waals surface area contributed by atoms with E-state index in [1.165, 1.54) is 13.2 Å². The zero-order chi connectivity index (χ0) is 17.5. The summed E-state index contributed by atoms with van der Waals surface area (Å²) in [6.45, 7) is -2.54. The number of hydrogen-bond acceptors (Lipinski definition) is 3. The van der Waals surface area contributed by atoms with Gasteiger partial charge in [0.05, 0.1) is 7.11 Å². The van der Waals surface area contributed by atoms with Crippen molar-refractivity contribution in [2.24, 2.45) is 0 Å². The normalized spacial score (nSPS) is 10.5. The van der Waals surface area contributed by atoms with Crippen LogP contribution in [-0.2, 0) is 6.42 Å². The average molecular weight is 447 g/mol. The van der Waals surface area contributed by atoms with Crippen molar-refractivity contribution in [2.75, 3.05) is 13.7 Å². The van der Waals surface area contributed by atoms with Crippen LogP contribution in [0.5, 0.6) is 11.5 Å². The van der Waals surface area contributed by atoms with Crippen LogP contribution in [0.15, 0.2) is 42.5 Å². The second-order valence-corrected chi connectivity index (χ2v) is 6.13. The fourth-order valence-electron chi connectivity index (χ4n) is 2.12. The molecule has 7 heteroatoms. The first-order valence-electron chi connectivity index (χ1n) is 7.15. The largest absolute Gasteiger partial charge is 0.493 e. The Morgan fingerprint density at radius 3 is 2.67 bits per heavy atom. The maximum atomic E-state index is 12.4. The van der Waals surface area contributed by atoms with Crippen LogP contribution in [0, 0.1) is 3.57 Å². The van der Waals surface area contributed by atoms with Gasteiger partial charge >= 0.3 is 6.61 Å². The van der Waals surface area contributed by atoms with E-state index in [-0.39, 0.29) is 17.4 Å². The summed E-state index contributed by atoms with van der Waals surface area (Å²) in [5.74, 6) is 0.0435. The molecule has 0 radical (unpaired) electrons. The predicted molar refractivity (Wildman–Crippen MR) is 94.8 cm³/mol. The van der Waals surface area contributed by atoms with Gasteiger partial charge < -0.3 is 14.8 Å². The van der Waals surface area contributed by atoms with Crippen LogP contribution in [0.25, 0.3) is 0 Å². The Morgan fingerprint density at radius 1 is 1.21 bits per heavy atom. The second-order valence-electron chi connectivity index (χ2n) is 4.88. The van der Waals surface area contributed by atoms with Gasteiger partial charge in [0.25, 0.3) is 5.91 Å². The van der Waals surface area contributed by atoms with Gasteiger partial charge in [-0.2, -0.15) is 8.78 Å². The Morgan fingerprint density at radius 2 is 2.00 bits per heavy atom. The van der Waals surface area contributed by atoms with E-state index < -0.39 is 6.61 Å². The number of halogens is 3. The van der Waals surface area contributed by atoms with E-state index in [2.05, 4.69) is 32.6 Å². The third-order valence-corrected chi connectivity index (χ3v) is 3.90. The maximum Gasteiger partial charge on any atom is 0.387 e. The average Bonchev–Trinajstić information content (AvgIpc) is 2.54. The van der Waals surface area contributed by atoms with Gasteiger partial charge in [-0.1, -0.05) is 12.1 Å². The second kappa shape index (κ2) is 8.81. The fourth-order valence-corrected chi connectivity index (χ4v) is 2.66. The van der Waals surface area contributed by atoms with Gasteiger partial charge in [-0.15, -0.1) is 0 Å². The third kappa shape index (κ3) is 5.33. The van der Waals surface area contributed by atoms with Gasteiger partial charge in [0.15, 0.2) is 11.5 Å². The highest BCUT2D eigenvalue weighted by atomic mass is 127. The van der Waals surface area contributed by atoms with E-state index in [1.54, 1.807) is 24.3 Å². The molecule has 2 aromatic rings. The summed E-state index contributed by atoms with van der Waals surface area (Å²) >= 11 is 2.14. The highest BCUT2D eigenvalue weighted by Gasteiger charge is 2.11. The third-order valence-electron chi connectivity index (χ3n) is 3.23. The molecule has 24 heavy (non-hydrogen) atoms. The van der Waals surface area contributed by atoms with E-state index in [9.17, 15) is 13.6 Å². The number of alkyl halides is 2. The summed E-state index contributed by atoms with van der Waals surface area (Å²) in [6.07, 6.45) is 0.485. The number of carbonyl (C=O) groups is 1. The molecule has 128 valence electrons. The van der Waals surface area contributed by atoms with Crippen LogP contribution in [0.4, 0.5) is 8.78 Å². The minimum Gasteiger partial charge on any atom is -0.493 e. The van der Waals surface area contributed by atoms with Crippen molar-refractivity contribution in [3.8, 4) is 11.5 Å². The molecule has 0 bridgehead atoms. The van der Waals surface area contributed by atoms with Gasteiger partial charge in [-0.25, -0.2) is 0 Å². The minimum absolute atomic E-state index is 0.0195. The minimum atomic E-state index is -2.92. The van der Waals surface area contributed by atoms with E-state index in [0.717, 1.165) is 9.13 Å². The molecule has 0 atom stereocenters. The zero-order valence-corrected chi connectivity index (χ0v) is 15.0. The standard InChI is InChI=1S/C17H16F2INO3/c1-23-14-6-5-11(9-15(14)24-17(18)19)7-8-21-16(22)12-3-2-4-13(20)10-12/h2-6,9-10,17H,7-8H2,1H3,(H,21,22). The molecule has 0 aromatic heterocycles. The van der Waals surface area contributed by atoms with Crippen molar-refractivity contribution < 1.29 is 23.0 Å². The molecule has 0 unspecified atom stereocenters. The van der Waals surface area contributed by atoms with Crippen molar-refractivity contribution >= 4 is 28.5 Å². The smallest absolute Gasteiger partial charge is 0.387 e. The summed E-state index contributed by atoms with van der Waals surface area (Å²) in [6, 6.07) is 12.0. The van der Waals surface area contributed by atoms with E-state index in [4.69, 9.17) is 4.74 Å². The Hall–Kier alpha value is -1.90. The van der Waals surface area contributed by atoms with E-state index in [1.807, 2.05) is 12.1 Å². The number of ether oxygens (including phenoxy) is 2. The van der Waals surface area contributed by atoms with Gasteiger partial charge in [0.2, 0.25) is 0 Å². The summed E-state index contributed by atoms with van der Waals surface area (Å²) in [7, 11) is 1.38. The molecule has 0 saturated heterocycles. The lowest BCUT2D eigenvalue weighted by atomic mass is 10.1. The SMILES string of the molecule is COc1ccc(CCNC(=O)c2cccc(I)c2)cc1OC(F)F. The summed E-state index contributed by atoms with van der Waals surface area (Å²) in [5.41, 5.74) is 1.34. The highest BCUT2D eigenvalue weighted by molar-refractivity contribution is 14.1. The lowest BCUT2D eigenvalue weighted by Gasteiger charge is -2.12. The molecular formula is C17H16F2INO3. The van der Waals surface area contributed by atoms with Gasteiger partial charge in [0, 0.05) is 15.7 Å². The van der Waals surface area contributed by atoms with Crippen molar-refractivity contribution in [1.82, 2.24) is 5.32 Å². The number of amides is 1. The Bertz CT molecular complexity index is 710. The number of benzene rings is 2. The van der Waals surface area contributed by atoms with Gasteiger partial charge in [-0.05, 0) is 64.9 Å². The van der Waals surface area contributed by atoms with Crippen LogP contribution in [0.3, 0.4) is 0 Å². The summed E-state index contributed by atoms with van der Waals surface area (Å²) in [5, 5.41) is 2.80. The molecule has 0 aliphatic carbocycles. The van der Waals surface area contributed by atoms with Crippen LogP contribution in [0.2, 0.25) is 0 Å². The molecule has 0 heterocycles. The van der Waals surface area contributed by atoms with Crippen molar-refractivity contribution in [2.45, 2.75) is 13.0 Å². The maximum absolute atomic E-state index is 12.4. The summed E-state index contributed by atoms with van der Waals surface area (Å²) < 4.78 is 35.2. The van der Waals surface area contributed by atoms with E-state index >= 15 is 0 Å². The van der Waals surface area contributed by atoms with E-state index in [0.29, 0.717) is 18.5 Å². The number of rotatable bonds is 7. The van der Waals surface area contributed by atoms with Crippen molar-refractivity contribution in [3.63, 3.8) is 0 Å². The molecular weight excluding hydrogens is 431 g/mol. The quantitative estimate of drug-likeness (QED) is 0.656. The lowest BCUT2D eigenvalue weighted by molar-refractivity contribution is -0.0512. The molecule has 0 aliphatic heterocycles. The monoisotopic (exact) mass is 447 g/mol. The first-order chi connectivity index (χ1) is 11.5. The number of carbonyl (C=O) groups excluding carboxylic acids is 1. The Balaban J connectivity index is 1.95. The molecule has 1 amide bonds. The van der Waals surface area contributed by atoms with Crippen molar-refractivity contribution in [1.29, 1.82) is 0 Å². The molecule has 1 N–H and O–H groups in total. The Labute approximate surface area is 152 Å². The Kier molecular flexibility index (Phi) is 6.77. The zero-order valence-electron chi connectivity index (χ0n) is 12.9. The fraction of sp³-hybridized carbons (Fsp3) is 0.235. The molecule has 2 aromatic carbocycles. The van der Waals surface area contributed by atoms with Crippen LogP contribution < -0.4 is 14.8 Å². The molecule has 0 fully saturated rings. The first kappa shape index (κ1) is 18.4. The van der Waals surface area contributed by atoms with Crippen LogP contribution >= 0.6 is 22.6 Å². The van der Waals surface area contributed by atoms with Crippen molar-refractivity contribution in [3.05, 3.63) is 57.2 Å². The molecule has 0 spiro atoms. The molecule has 2 rings (SSSR count). The molecule has 0 aliphatic rings.